The van der Waals surface area contributed by atoms with E-state index in [9.17, 15) is 0 Å². The minimum absolute atomic E-state index is 0.340. The highest BCUT2D eigenvalue weighted by Gasteiger charge is 2.14. The van der Waals surface area contributed by atoms with Crippen LogP contribution in [0, 0.1) is 6.92 Å². The van der Waals surface area contributed by atoms with Gasteiger partial charge in [0.15, 0.2) is 0 Å². The van der Waals surface area contributed by atoms with E-state index in [1.54, 1.807) is 0 Å². The van der Waals surface area contributed by atoms with Crippen molar-refractivity contribution < 1.29 is 0 Å². The van der Waals surface area contributed by atoms with E-state index in [0.717, 1.165) is 12.2 Å². The van der Waals surface area contributed by atoms with Gasteiger partial charge < -0.3 is 10.6 Å². The Bertz CT molecular complexity index is 531. The SMILES string of the molecule is CCN(c1cccc(C)c1)C(C)c1ccc(N)cc1. The molecule has 0 radical (unpaired) electrons. The lowest BCUT2D eigenvalue weighted by molar-refractivity contribution is 0.690. The molecule has 0 aromatic heterocycles. The summed E-state index contributed by atoms with van der Waals surface area (Å²) in [6.07, 6.45) is 0. The van der Waals surface area contributed by atoms with Gasteiger partial charge in [-0.2, -0.15) is 0 Å². The van der Waals surface area contributed by atoms with Crippen LogP contribution >= 0.6 is 0 Å². The van der Waals surface area contributed by atoms with Gasteiger partial charge in [-0.1, -0.05) is 24.3 Å². The molecule has 0 saturated heterocycles. The molecule has 0 aliphatic heterocycles. The highest BCUT2D eigenvalue weighted by Crippen LogP contribution is 2.27. The summed E-state index contributed by atoms with van der Waals surface area (Å²) in [6.45, 7) is 7.54. The van der Waals surface area contributed by atoms with E-state index < -0.39 is 0 Å². The molecule has 0 aliphatic carbocycles. The zero-order valence-electron chi connectivity index (χ0n) is 11.9. The summed E-state index contributed by atoms with van der Waals surface area (Å²) in [4.78, 5) is 2.40. The van der Waals surface area contributed by atoms with Crippen LogP contribution in [-0.4, -0.2) is 6.54 Å². The van der Waals surface area contributed by atoms with Crippen LogP contribution in [0.3, 0.4) is 0 Å². The van der Waals surface area contributed by atoms with Gasteiger partial charge in [-0.3, -0.25) is 0 Å². The standard InChI is InChI=1S/C17H22N2/c1-4-19(17-7-5-6-13(2)12-17)14(3)15-8-10-16(18)11-9-15/h5-12,14H,4,18H2,1-3H3. The summed E-state index contributed by atoms with van der Waals surface area (Å²) < 4.78 is 0. The predicted molar refractivity (Wildman–Crippen MR) is 83.5 cm³/mol. The largest absolute Gasteiger partial charge is 0.399 e. The van der Waals surface area contributed by atoms with Crippen molar-refractivity contribution in [3.8, 4) is 0 Å². The second-order valence-electron chi connectivity index (χ2n) is 4.97. The molecule has 2 nitrogen and oxygen atoms in total. The van der Waals surface area contributed by atoms with Crippen LogP contribution in [0.4, 0.5) is 11.4 Å². The highest BCUT2D eigenvalue weighted by molar-refractivity contribution is 5.51. The van der Waals surface area contributed by atoms with E-state index in [2.05, 4.69) is 62.1 Å². The van der Waals surface area contributed by atoms with E-state index in [1.165, 1.54) is 16.8 Å². The van der Waals surface area contributed by atoms with Gasteiger partial charge in [0.05, 0.1) is 6.04 Å². The van der Waals surface area contributed by atoms with Crippen LogP contribution in [0.5, 0.6) is 0 Å². The molecule has 2 heteroatoms. The average Bonchev–Trinajstić information content (AvgIpc) is 2.40. The number of hydrogen-bond acceptors (Lipinski definition) is 2. The van der Waals surface area contributed by atoms with E-state index in [4.69, 9.17) is 5.73 Å². The lowest BCUT2D eigenvalue weighted by atomic mass is 10.1. The molecule has 0 bridgehead atoms. The van der Waals surface area contributed by atoms with E-state index in [1.807, 2.05) is 12.1 Å². The van der Waals surface area contributed by atoms with Crippen molar-refractivity contribution in [2.45, 2.75) is 26.8 Å². The molecule has 2 aromatic rings. The number of nitrogen functional groups attached to an aromatic ring is 1. The molecule has 0 fully saturated rings. The summed E-state index contributed by atoms with van der Waals surface area (Å²) in [5.74, 6) is 0. The fourth-order valence-corrected chi connectivity index (χ4v) is 2.44. The Hall–Kier alpha value is -1.96. The molecule has 2 N–H and O–H groups in total. The number of aryl methyl sites for hydroxylation is 1. The first kappa shape index (κ1) is 13.5. The van der Waals surface area contributed by atoms with Gasteiger partial charge in [0.2, 0.25) is 0 Å². The summed E-state index contributed by atoms with van der Waals surface area (Å²) in [6, 6.07) is 17.1. The van der Waals surface area contributed by atoms with Gasteiger partial charge >= 0.3 is 0 Å². The van der Waals surface area contributed by atoms with Crippen molar-refractivity contribution in [3.63, 3.8) is 0 Å². The molecule has 2 aromatic carbocycles. The van der Waals surface area contributed by atoms with Crippen molar-refractivity contribution >= 4 is 11.4 Å². The third-order valence-electron chi connectivity index (χ3n) is 3.56. The number of rotatable bonds is 4. The lowest BCUT2D eigenvalue weighted by Gasteiger charge is -2.31. The summed E-state index contributed by atoms with van der Waals surface area (Å²) in [5.41, 5.74) is 10.4. The monoisotopic (exact) mass is 254 g/mol. The Kier molecular flexibility index (Phi) is 4.10. The number of nitrogens with zero attached hydrogens (tertiary/aromatic N) is 1. The summed E-state index contributed by atoms with van der Waals surface area (Å²) >= 11 is 0. The lowest BCUT2D eigenvalue weighted by Crippen LogP contribution is -2.26. The summed E-state index contributed by atoms with van der Waals surface area (Å²) in [7, 11) is 0. The first-order valence-electron chi connectivity index (χ1n) is 6.80. The van der Waals surface area contributed by atoms with Gasteiger partial charge in [-0.05, 0) is 56.2 Å². The van der Waals surface area contributed by atoms with Crippen LogP contribution in [0.15, 0.2) is 48.5 Å². The quantitative estimate of drug-likeness (QED) is 0.830. The molecular formula is C17H22N2. The molecule has 19 heavy (non-hydrogen) atoms. The first-order valence-corrected chi connectivity index (χ1v) is 6.80. The maximum Gasteiger partial charge on any atom is 0.0514 e. The second-order valence-corrected chi connectivity index (χ2v) is 4.97. The van der Waals surface area contributed by atoms with Gasteiger partial charge in [0.25, 0.3) is 0 Å². The molecule has 0 heterocycles. The second kappa shape index (κ2) is 5.79. The Morgan fingerprint density at radius 2 is 1.79 bits per heavy atom. The van der Waals surface area contributed by atoms with Crippen LogP contribution < -0.4 is 10.6 Å². The van der Waals surface area contributed by atoms with Crippen LogP contribution in [0.2, 0.25) is 0 Å². The molecule has 2 rings (SSSR count). The Balaban J connectivity index is 2.28. The van der Waals surface area contributed by atoms with Crippen molar-refractivity contribution in [2.75, 3.05) is 17.2 Å². The fraction of sp³-hybridized carbons (Fsp3) is 0.294. The molecule has 0 amide bonds. The van der Waals surface area contributed by atoms with Crippen LogP contribution in [-0.2, 0) is 0 Å². The van der Waals surface area contributed by atoms with E-state index >= 15 is 0 Å². The fourth-order valence-electron chi connectivity index (χ4n) is 2.44. The minimum Gasteiger partial charge on any atom is -0.399 e. The van der Waals surface area contributed by atoms with E-state index in [0.29, 0.717) is 6.04 Å². The van der Waals surface area contributed by atoms with Crippen LogP contribution in [0.25, 0.3) is 0 Å². The molecule has 0 aliphatic rings. The Morgan fingerprint density at radius 3 is 2.37 bits per heavy atom. The Labute approximate surface area is 115 Å². The number of benzene rings is 2. The topological polar surface area (TPSA) is 29.3 Å². The molecular weight excluding hydrogens is 232 g/mol. The summed E-state index contributed by atoms with van der Waals surface area (Å²) in [5, 5.41) is 0. The van der Waals surface area contributed by atoms with Crippen LogP contribution in [0.1, 0.15) is 31.0 Å². The van der Waals surface area contributed by atoms with Gasteiger partial charge in [0, 0.05) is 17.9 Å². The highest BCUT2D eigenvalue weighted by atomic mass is 15.1. The zero-order chi connectivity index (χ0) is 13.8. The smallest absolute Gasteiger partial charge is 0.0514 e. The molecule has 0 spiro atoms. The maximum atomic E-state index is 5.75. The normalized spacial score (nSPS) is 12.2. The van der Waals surface area contributed by atoms with Crippen molar-refractivity contribution in [2.24, 2.45) is 0 Å². The first-order chi connectivity index (χ1) is 9.11. The molecule has 0 saturated carbocycles. The Morgan fingerprint density at radius 1 is 1.11 bits per heavy atom. The van der Waals surface area contributed by atoms with Crippen molar-refractivity contribution in [1.82, 2.24) is 0 Å². The van der Waals surface area contributed by atoms with Crippen molar-refractivity contribution in [3.05, 3.63) is 59.7 Å². The number of anilines is 2. The zero-order valence-corrected chi connectivity index (χ0v) is 11.9. The van der Waals surface area contributed by atoms with Gasteiger partial charge in [-0.25, -0.2) is 0 Å². The average molecular weight is 254 g/mol. The number of nitrogens with two attached hydrogens (primary N) is 1. The number of hydrogen-bond donors (Lipinski definition) is 1. The third kappa shape index (κ3) is 3.08. The van der Waals surface area contributed by atoms with Crippen molar-refractivity contribution in [1.29, 1.82) is 0 Å². The van der Waals surface area contributed by atoms with E-state index in [-0.39, 0.29) is 0 Å². The van der Waals surface area contributed by atoms with Gasteiger partial charge in [-0.15, -0.1) is 0 Å². The van der Waals surface area contributed by atoms with Gasteiger partial charge in [0.1, 0.15) is 0 Å². The molecule has 100 valence electrons. The minimum atomic E-state index is 0.340. The third-order valence-corrected chi connectivity index (χ3v) is 3.56. The maximum absolute atomic E-state index is 5.75. The predicted octanol–water partition coefficient (Wildman–Crippen LogP) is 4.16. The molecule has 1 unspecified atom stereocenters. The molecule has 1 atom stereocenters.